The summed E-state index contributed by atoms with van der Waals surface area (Å²) in [5.74, 6) is 0.815. The van der Waals surface area contributed by atoms with E-state index in [2.05, 4.69) is 48.5 Å². The van der Waals surface area contributed by atoms with Gasteiger partial charge in [-0.2, -0.15) is 0 Å². The maximum atomic E-state index is 5.63. The summed E-state index contributed by atoms with van der Waals surface area (Å²) in [5.41, 5.74) is 4.47. The topological polar surface area (TPSA) is 31.4 Å². The number of benzene rings is 3. The van der Waals surface area contributed by atoms with Crippen LogP contribution in [0.3, 0.4) is 0 Å². The first-order chi connectivity index (χ1) is 12.3. The summed E-state index contributed by atoms with van der Waals surface area (Å²) in [4.78, 5) is 7.38. The van der Waals surface area contributed by atoms with E-state index in [9.17, 15) is 0 Å². The van der Waals surface area contributed by atoms with Gasteiger partial charge in [0.1, 0.15) is 5.75 Å². The second-order valence-electron chi connectivity index (χ2n) is 5.97. The van der Waals surface area contributed by atoms with E-state index in [1.807, 2.05) is 23.9 Å². The third-order valence-corrected chi connectivity index (χ3v) is 5.66. The summed E-state index contributed by atoms with van der Waals surface area (Å²) in [5, 5.41) is 2.43. The molecule has 0 bridgehead atoms. The predicted molar refractivity (Wildman–Crippen MR) is 101 cm³/mol. The molecule has 4 aromatic rings. The number of methoxy groups -OCH3 is 1. The minimum atomic E-state index is 0.249. The molecule has 1 aliphatic rings. The zero-order valence-electron chi connectivity index (χ0n) is 13.7. The third kappa shape index (κ3) is 2.29. The van der Waals surface area contributed by atoms with Crippen LogP contribution in [0.5, 0.6) is 5.75 Å². The average Bonchev–Trinajstić information content (AvgIpc) is 2.66. The summed E-state index contributed by atoms with van der Waals surface area (Å²) in [6.45, 7) is 0.249. The fourth-order valence-corrected chi connectivity index (χ4v) is 4.60. The molecular formula is C21H15NO2S. The molecule has 122 valence electrons. The van der Waals surface area contributed by atoms with Crippen molar-refractivity contribution >= 4 is 33.6 Å². The predicted octanol–water partition coefficient (Wildman–Crippen LogP) is 5.50. The fourth-order valence-electron chi connectivity index (χ4n) is 3.37. The Bertz CT molecular complexity index is 1120. The first-order valence-electron chi connectivity index (χ1n) is 8.10. The maximum Gasteiger partial charge on any atom is 0.188 e. The van der Waals surface area contributed by atoms with Crippen molar-refractivity contribution < 1.29 is 9.47 Å². The highest BCUT2D eigenvalue weighted by molar-refractivity contribution is 8.00. The molecule has 0 amide bonds. The number of ether oxygens (including phenoxy) is 2. The summed E-state index contributed by atoms with van der Waals surface area (Å²) in [6, 6.07) is 20.9. The van der Waals surface area contributed by atoms with Crippen LogP contribution in [0.4, 0.5) is 0 Å². The van der Waals surface area contributed by atoms with Crippen molar-refractivity contribution in [3.8, 4) is 16.9 Å². The molecule has 0 unspecified atom stereocenters. The monoisotopic (exact) mass is 345 g/mol. The van der Waals surface area contributed by atoms with Crippen LogP contribution in [0.15, 0.2) is 70.5 Å². The summed E-state index contributed by atoms with van der Waals surface area (Å²) in [6.07, 6.45) is 0. The standard InChI is InChI=1S/C21H15NO2S/c1-23-12-24-13-9-10-19-16(11-13)14-6-4-8-18-20(14)21(25-19)15-5-2-3-7-17(15)22-18/h2-11H,12H2,1H3. The largest absolute Gasteiger partial charge is 0.468 e. The Kier molecular flexibility index (Phi) is 3.40. The highest BCUT2D eigenvalue weighted by Crippen LogP contribution is 2.50. The van der Waals surface area contributed by atoms with Gasteiger partial charge in [-0.05, 0) is 41.5 Å². The lowest BCUT2D eigenvalue weighted by molar-refractivity contribution is 0.0511. The average molecular weight is 345 g/mol. The van der Waals surface area contributed by atoms with Crippen molar-refractivity contribution in [1.29, 1.82) is 0 Å². The number of hydrogen-bond acceptors (Lipinski definition) is 4. The number of fused-ring (bicyclic) bond motifs is 4. The van der Waals surface area contributed by atoms with Gasteiger partial charge >= 0.3 is 0 Å². The lowest BCUT2D eigenvalue weighted by atomic mass is 9.98. The van der Waals surface area contributed by atoms with Crippen LogP contribution in [0.2, 0.25) is 0 Å². The van der Waals surface area contributed by atoms with Gasteiger partial charge in [0.15, 0.2) is 6.79 Å². The first-order valence-corrected chi connectivity index (χ1v) is 8.92. The quantitative estimate of drug-likeness (QED) is 0.319. The molecule has 25 heavy (non-hydrogen) atoms. The maximum absolute atomic E-state index is 5.63. The molecule has 0 N–H and O–H groups in total. The Morgan fingerprint density at radius 3 is 2.72 bits per heavy atom. The van der Waals surface area contributed by atoms with Gasteiger partial charge in [0.25, 0.3) is 0 Å². The second kappa shape index (κ2) is 5.76. The van der Waals surface area contributed by atoms with Crippen LogP contribution in [-0.4, -0.2) is 18.9 Å². The van der Waals surface area contributed by atoms with Gasteiger partial charge in [-0.15, -0.1) is 0 Å². The van der Waals surface area contributed by atoms with E-state index in [0.29, 0.717) is 0 Å². The van der Waals surface area contributed by atoms with Crippen LogP contribution in [-0.2, 0) is 4.74 Å². The lowest BCUT2D eigenvalue weighted by Crippen LogP contribution is -2.00. The van der Waals surface area contributed by atoms with E-state index in [1.165, 1.54) is 31.7 Å². The molecule has 0 saturated heterocycles. The second-order valence-corrected chi connectivity index (χ2v) is 7.02. The molecule has 1 aliphatic heterocycles. The van der Waals surface area contributed by atoms with Crippen LogP contribution in [0.25, 0.3) is 32.9 Å². The molecule has 0 saturated carbocycles. The Morgan fingerprint density at radius 1 is 0.920 bits per heavy atom. The SMILES string of the molecule is COCOc1ccc2c(c1)-c1cccc3nc4ccccc4c(c13)S2. The highest BCUT2D eigenvalue weighted by Gasteiger charge is 2.22. The molecule has 0 aliphatic carbocycles. The zero-order chi connectivity index (χ0) is 16.8. The van der Waals surface area contributed by atoms with Gasteiger partial charge in [0.05, 0.1) is 11.0 Å². The van der Waals surface area contributed by atoms with Gasteiger partial charge in [0, 0.05) is 27.7 Å². The number of para-hydroxylation sites is 1. The number of aromatic nitrogens is 1. The first kappa shape index (κ1) is 14.8. The molecule has 0 radical (unpaired) electrons. The molecule has 1 aromatic heterocycles. The smallest absolute Gasteiger partial charge is 0.188 e. The molecule has 4 heteroatoms. The van der Waals surface area contributed by atoms with Crippen LogP contribution < -0.4 is 4.74 Å². The van der Waals surface area contributed by atoms with E-state index < -0.39 is 0 Å². The van der Waals surface area contributed by atoms with Gasteiger partial charge in [-0.1, -0.05) is 42.1 Å². The molecule has 0 fully saturated rings. The minimum Gasteiger partial charge on any atom is -0.468 e. The van der Waals surface area contributed by atoms with Crippen molar-refractivity contribution in [2.45, 2.75) is 9.79 Å². The van der Waals surface area contributed by atoms with Gasteiger partial charge in [0.2, 0.25) is 0 Å². The molecule has 3 aromatic carbocycles. The normalized spacial score (nSPS) is 12.4. The van der Waals surface area contributed by atoms with E-state index in [0.717, 1.165) is 16.8 Å². The van der Waals surface area contributed by atoms with E-state index >= 15 is 0 Å². The summed E-state index contributed by atoms with van der Waals surface area (Å²) < 4.78 is 10.6. The van der Waals surface area contributed by atoms with Crippen LogP contribution in [0.1, 0.15) is 0 Å². The van der Waals surface area contributed by atoms with Crippen molar-refractivity contribution in [2.75, 3.05) is 13.9 Å². The number of rotatable bonds is 3. The third-order valence-electron chi connectivity index (χ3n) is 4.46. The Morgan fingerprint density at radius 2 is 1.80 bits per heavy atom. The van der Waals surface area contributed by atoms with Gasteiger partial charge < -0.3 is 9.47 Å². The molecule has 2 heterocycles. The van der Waals surface area contributed by atoms with Crippen LogP contribution >= 0.6 is 11.8 Å². The molecular weight excluding hydrogens is 330 g/mol. The number of hydrogen-bond donors (Lipinski definition) is 0. The molecule has 0 atom stereocenters. The number of pyridine rings is 1. The minimum absolute atomic E-state index is 0.249. The molecule has 3 nitrogen and oxygen atoms in total. The summed E-state index contributed by atoms with van der Waals surface area (Å²) >= 11 is 1.81. The Labute approximate surface area is 149 Å². The van der Waals surface area contributed by atoms with E-state index in [4.69, 9.17) is 14.5 Å². The summed E-state index contributed by atoms with van der Waals surface area (Å²) in [7, 11) is 1.63. The van der Waals surface area contributed by atoms with Crippen molar-refractivity contribution in [3.63, 3.8) is 0 Å². The lowest BCUT2D eigenvalue weighted by Gasteiger charge is -2.22. The highest BCUT2D eigenvalue weighted by atomic mass is 32.2. The number of nitrogens with zero attached hydrogens (tertiary/aromatic N) is 1. The molecule has 5 rings (SSSR count). The fraction of sp³-hybridized carbons (Fsp3) is 0.0952. The molecule has 0 spiro atoms. The van der Waals surface area contributed by atoms with Crippen molar-refractivity contribution in [2.24, 2.45) is 0 Å². The van der Waals surface area contributed by atoms with Crippen molar-refractivity contribution in [3.05, 3.63) is 60.7 Å². The van der Waals surface area contributed by atoms with Crippen molar-refractivity contribution in [1.82, 2.24) is 4.98 Å². The Hall–Kier alpha value is -2.56. The Balaban J connectivity index is 1.81. The zero-order valence-corrected chi connectivity index (χ0v) is 14.5. The van der Waals surface area contributed by atoms with E-state index in [-0.39, 0.29) is 6.79 Å². The van der Waals surface area contributed by atoms with Crippen LogP contribution in [0, 0.1) is 0 Å². The van der Waals surface area contributed by atoms with Gasteiger partial charge in [-0.3, -0.25) is 0 Å². The van der Waals surface area contributed by atoms with E-state index in [1.54, 1.807) is 7.11 Å². The van der Waals surface area contributed by atoms with Gasteiger partial charge in [-0.25, -0.2) is 4.98 Å².